The molecule has 2 aromatic carbocycles. The predicted octanol–water partition coefficient (Wildman–Crippen LogP) is 6.64. The monoisotopic (exact) mass is 411 g/mol. The molecule has 4 rings (SSSR count). The smallest absolute Gasteiger partial charge is 0.291 e. The molecular weight excluding hydrogens is 398 g/mol. The van der Waals surface area contributed by atoms with Crippen LogP contribution in [0.25, 0.3) is 17.4 Å². The van der Waals surface area contributed by atoms with Gasteiger partial charge in [0.2, 0.25) is 0 Å². The minimum absolute atomic E-state index is 0.0759. The van der Waals surface area contributed by atoms with E-state index in [4.69, 9.17) is 28.2 Å². The van der Waals surface area contributed by atoms with E-state index in [1.165, 1.54) is 0 Å². The summed E-state index contributed by atoms with van der Waals surface area (Å²) >= 11 is 12.9. The maximum absolute atomic E-state index is 12.4. The Balaban J connectivity index is 1.56. The molecule has 0 aliphatic carbocycles. The third-order valence-corrected chi connectivity index (χ3v) is 5.92. The van der Waals surface area contributed by atoms with Gasteiger partial charge in [0.15, 0.2) is 0 Å². The topological polar surface area (TPSA) is 33.5 Å². The fraction of sp³-hybridized carbons (Fsp3) is 0.0476. The lowest BCUT2D eigenvalue weighted by Crippen LogP contribution is -2.26. The van der Waals surface area contributed by atoms with Crippen LogP contribution >= 0.6 is 35.6 Å². The third-order valence-electron chi connectivity index (χ3n) is 4.10. The van der Waals surface area contributed by atoms with Crippen molar-refractivity contribution < 1.29 is 9.21 Å². The van der Waals surface area contributed by atoms with E-state index in [0.29, 0.717) is 33.0 Å². The highest BCUT2D eigenvalue weighted by Gasteiger charge is 2.31. The molecule has 1 aromatic heterocycles. The first-order chi connectivity index (χ1) is 13.1. The summed E-state index contributed by atoms with van der Waals surface area (Å²) in [6.45, 7) is 0.464. The van der Waals surface area contributed by atoms with Crippen molar-refractivity contribution >= 4 is 51.9 Å². The van der Waals surface area contributed by atoms with Gasteiger partial charge in [0.1, 0.15) is 16.5 Å². The summed E-state index contributed by atoms with van der Waals surface area (Å²) in [5.74, 6) is 1.30. The molecule has 6 heteroatoms. The van der Waals surface area contributed by atoms with Gasteiger partial charge in [-0.2, -0.15) is 0 Å². The van der Waals surface area contributed by atoms with E-state index < -0.39 is 0 Å². The molecule has 3 nitrogen and oxygen atoms in total. The number of thiocarbonyl (C=S) groups is 1. The van der Waals surface area contributed by atoms with Gasteiger partial charge in [0.25, 0.3) is 5.24 Å². The van der Waals surface area contributed by atoms with Gasteiger partial charge in [-0.05, 0) is 47.7 Å². The molecule has 1 amide bonds. The van der Waals surface area contributed by atoms with Crippen LogP contribution in [0.5, 0.6) is 0 Å². The number of carbonyl (C=O) groups excluding carboxylic acids is 1. The molecule has 1 saturated heterocycles. The van der Waals surface area contributed by atoms with Crippen molar-refractivity contribution in [2.24, 2.45) is 0 Å². The van der Waals surface area contributed by atoms with Crippen LogP contribution in [-0.2, 0) is 6.54 Å². The van der Waals surface area contributed by atoms with Crippen LogP contribution in [0.15, 0.2) is 76.1 Å². The zero-order valence-corrected chi connectivity index (χ0v) is 16.5. The number of thioether (sulfide) groups is 1. The van der Waals surface area contributed by atoms with Crippen LogP contribution in [0.4, 0.5) is 4.79 Å². The van der Waals surface area contributed by atoms with Crippen molar-refractivity contribution in [2.45, 2.75) is 6.54 Å². The van der Waals surface area contributed by atoms with Gasteiger partial charge in [-0.1, -0.05) is 66.3 Å². The molecule has 134 valence electrons. The first-order valence-electron chi connectivity index (χ1n) is 8.26. The third kappa shape index (κ3) is 3.86. The molecule has 0 saturated carbocycles. The van der Waals surface area contributed by atoms with Gasteiger partial charge in [-0.3, -0.25) is 9.69 Å². The lowest BCUT2D eigenvalue weighted by molar-refractivity contribution is 0.244. The minimum Gasteiger partial charge on any atom is -0.457 e. The highest BCUT2D eigenvalue weighted by molar-refractivity contribution is 8.19. The summed E-state index contributed by atoms with van der Waals surface area (Å²) in [7, 11) is 0. The summed E-state index contributed by atoms with van der Waals surface area (Å²) in [6, 6.07) is 21.0. The van der Waals surface area contributed by atoms with Crippen molar-refractivity contribution in [2.75, 3.05) is 0 Å². The van der Waals surface area contributed by atoms with Crippen molar-refractivity contribution in [3.8, 4) is 11.3 Å². The Bertz CT molecular complexity index is 1040. The van der Waals surface area contributed by atoms with Crippen LogP contribution < -0.4 is 0 Å². The number of furan rings is 1. The normalized spacial score (nSPS) is 15.7. The minimum atomic E-state index is -0.0759. The fourth-order valence-corrected chi connectivity index (χ4v) is 4.21. The van der Waals surface area contributed by atoms with E-state index in [1.807, 2.05) is 66.7 Å². The maximum atomic E-state index is 12.4. The van der Waals surface area contributed by atoms with Gasteiger partial charge >= 0.3 is 0 Å². The van der Waals surface area contributed by atoms with E-state index >= 15 is 0 Å². The molecule has 1 aliphatic heterocycles. The van der Waals surface area contributed by atoms with E-state index in [9.17, 15) is 4.79 Å². The van der Waals surface area contributed by atoms with E-state index in [2.05, 4.69) is 0 Å². The predicted molar refractivity (Wildman–Crippen MR) is 115 cm³/mol. The Morgan fingerprint density at radius 3 is 2.56 bits per heavy atom. The molecule has 1 fully saturated rings. The lowest BCUT2D eigenvalue weighted by Gasteiger charge is -2.14. The molecule has 0 unspecified atom stereocenters. The molecule has 0 N–H and O–H groups in total. The van der Waals surface area contributed by atoms with Crippen LogP contribution in [-0.4, -0.2) is 15.1 Å². The first-order valence-corrected chi connectivity index (χ1v) is 9.86. The quantitative estimate of drug-likeness (QED) is 0.356. The molecule has 0 atom stereocenters. The van der Waals surface area contributed by atoms with Crippen molar-refractivity contribution in [1.29, 1.82) is 0 Å². The number of hydrogen-bond acceptors (Lipinski definition) is 4. The van der Waals surface area contributed by atoms with Gasteiger partial charge < -0.3 is 4.42 Å². The van der Waals surface area contributed by atoms with E-state index in [1.54, 1.807) is 11.0 Å². The average molecular weight is 412 g/mol. The Morgan fingerprint density at radius 1 is 1.04 bits per heavy atom. The van der Waals surface area contributed by atoms with Gasteiger partial charge in [0.05, 0.1) is 16.5 Å². The zero-order valence-electron chi connectivity index (χ0n) is 14.1. The van der Waals surface area contributed by atoms with Crippen LogP contribution in [0.2, 0.25) is 5.02 Å². The number of carbonyl (C=O) groups is 1. The van der Waals surface area contributed by atoms with Crippen molar-refractivity contribution in [3.63, 3.8) is 0 Å². The highest BCUT2D eigenvalue weighted by atomic mass is 35.5. The number of rotatable bonds is 4. The first kappa shape index (κ1) is 18.0. The molecule has 2 heterocycles. The SMILES string of the molecule is O=C1S/C(=C\c2ccc(-c3ccccc3Cl)o2)C(=S)N1Cc1ccccc1. The average Bonchev–Trinajstić information content (AvgIpc) is 3.23. The largest absolute Gasteiger partial charge is 0.457 e. The summed E-state index contributed by atoms with van der Waals surface area (Å²) in [5, 5.41) is 0.550. The zero-order chi connectivity index (χ0) is 18.8. The molecule has 1 aliphatic rings. The summed E-state index contributed by atoms with van der Waals surface area (Å²) in [4.78, 5) is 15.2. The molecular formula is C21H14ClNO2S2. The van der Waals surface area contributed by atoms with Crippen LogP contribution in [0.1, 0.15) is 11.3 Å². The lowest BCUT2D eigenvalue weighted by atomic mass is 10.2. The number of nitrogens with zero attached hydrogens (tertiary/aromatic N) is 1. The second kappa shape index (κ2) is 7.72. The molecule has 0 spiro atoms. The maximum Gasteiger partial charge on any atom is 0.291 e. The van der Waals surface area contributed by atoms with Gasteiger partial charge in [-0.25, -0.2) is 0 Å². The van der Waals surface area contributed by atoms with Gasteiger partial charge in [-0.15, -0.1) is 0 Å². The number of benzene rings is 2. The number of halogens is 1. The molecule has 0 radical (unpaired) electrons. The number of hydrogen-bond donors (Lipinski definition) is 0. The second-order valence-electron chi connectivity index (χ2n) is 5.94. The summed E-state index contributed by atoms with van der Waals surface area (Å²) < 4.78 is 5.89. The van der Waals surface area contributed by atoms with E-state index in [-0.39, 0.29) is 5.24 Å². The standard InChI is InChI=1S/C21H14ClNO2S2/c22-17-9-5-4-8-16(17)18-11-10-15(25-18)12-19-20(26)23(21(24)27-19)13-14-6-2-1-3-7-14/h1-12H,13H2/b19-12-. The summed E-state index contributed by atoms with van der Waals surface area (Å²) in [6.07, 6.45) is 1.80. The Labute approximate surface area is 171 Å². The molecule has 3 aromatic rings. The number of amides is 1. The second-order valence-corrected chi connectivity index (χ2v) is 7.72. The van der Waals surface area contributed by atoms with E-state index in [0.717, 1.165) is 22.9 Å². The van der Waals surface area contributed by atoms with Crippen LogP contribution in [0, 0.1) is 0 Å². The highest BCUT2D eigenvalue weighted by Crippen LogP contribution is 2.36. The van der Waals surface area contributed by atoms with Crippen LogP contribution in [0.3, 0.4) is 0 Å². The summed E-state index contributed by atoms with van der Waals surface area (Å²) in [5.41, 5.74) is 1.86. The molecule has 27 heavy (non-hydrogen) atoms. The van der Waals surface area contributed by atoms with Gasteiger partial charge in [0, 0.05) is 5.56 Å². The Hall–Kier alpha value is -2.34. The fourth-order valence-electron chi connectivity index (χ4n) is 2.77. The van der Waals surface area contributed by atoms with Crippen molar-refractivity contribution in [3.05, 3.63) is 88.0 Å². The Kier molecular flexibility index (Phi) is 5.16. The van der Waals surface area contributed by atoms with Crippen molar-refractivity contribution in [1.82, 2.24) is 4.90 Å². The molecule has 0 bridgehead atoms. The Morgan fingerprint density at radius 2 is 1.78 bits per heavy atom.